The lowest BCUT2D eigenvalue weighted by molar-refractivity contribution is 0.0967. The monoisotopic (exact) mass is 153 g/mol. The molecule has 1 atom stereocenters. The second kappa shape index (κ2) is 2.88. The molecule has 1 aromatic heterocycles. The minimum atomic E-state index is -0.453. The van der Waals surface area contributed by atoms with Crippen LogP contribution in [0.5, 0.6) is 0 Å². The molecule has 0 aliphatic carbocycles. The number of nitrogens with two attached hydrogens (primary N) is 1. The molecule has 1 aromatic rings. The Labute approximate surface area is 65.2 Å². The average Bonchev–Trinajstić information content (AvgIpc) is 2.33. The van der Waals surface area contributed by atoms with Gasteiger partial charge in [0.05, 0.1) is 17.9 Å². The molecule has 3 heteroatoms. The molecular formula is C8H11NO2. The Kier molecular flexibility index (Phi) is 2.10. The van der Waals surface area contributed by atoms with E-state index in [9.17, 15) is 4.79 Å². The molecule has 0 radical (unpaired) electrons. The summed E-state index contributed by atoms with van der Waals surface area (Å²) in [7, 11) is 0. The summed E-state index contributed by atoms with van der Waals surface area (Å²) in [5, 5.41) is 0. The molecule has 11 heavy (non-hydrogen) atoms. The van der Waals surface area contributed by atoms with Gasteiger partial charge in [-0.2, -0.15) is 0 Å². The number of aryl methyl sites for hydroxylation is 1. The first-order valence-corrected chi connectivity index (χ1v) is 3.45. The summed E-state index contributed by atoms with van der Waals surface area (Å²) in [6.07, 6.45) is 2.97. The Morgan fingerprint density at radius 3 is 2.64 bits per heavy atom. The summed E-state index contributed by atoms with van der Waals surface area (Å²) in [5.74, 6) is -0.0729. The van der Waals surface area contributed by atoms with Gasteiger partial charge in [-0.05, 0) is 19.4 Å². The van der Waals surface area contributed by atoms with Gasteiger partial charge < -0.3 is 10.2 Å². The standard InChI is InChI=1S/C8H11NO2/c1-5-3-11-4-7(5)8(10)6(2)9/h3-4,6H,9H2,1-2H3/t6-/m0/s1. The van der Waals surface area contributed by atoms with Crippen LogP contribution >= 0.6 is 0 Å². The second-order valence-electron chi connectivity index (χ2n) is 2.62. The third-order valence-electron chi connectivity index (χ3n) is 1.53. The van der Waals surface area contributed by atoms with Crippen molar-refractivity contribution in [2.24, 2.45) is 5.73 Å². The summed E-state index contributed by atoms with van der Waals surface area (Å²) in [6, 6.07) is -0.453. The van der Waals surface area contributed by atoms with Crippen molar-refractivity contribution in [2.75, 3.05) is 0 Å². The molecule has 0 unspecified atom stereocenters. The van der Waals surface area contributed by atoms with Gasteiger partial charge in [-0.15, -0.1) is 0 Å². The predicted octanol–water partition coefficient (Wildman–Crippen LogP) is 1.12. The Balaban J connectivity index is 2.93. The third-order valence-corrected chi connectivity index (χ3v) is 1.53. The second-order valence-corrected chi connectivity index (χ2v) is 2.62. The van der Waals surface area contributed by atoms with Gasteiger partial charge in [-0.1, -0.05) is 0 Å². The van der Waals surface area contributed by atoms with Crippen molar-refractivity contribution in [3.8, 4) is 0 Å². The SMILES string of the molecule is Cc1cocc1C(=O)[C@H](C)N. The van der Waals surface area contributed by atoms with Gasteiger partial charge in [0.15, 0.2) is 5.78 Å². The first-order valence-electron chi connectivity index (χ1n) is 3.45. The van der Waals surface area contributed by atoms with Gasteiger partial charge in [-0.3, -0.25) is 4.79 Å². The van der Waals surface area contributed by atoms with Gasteiger partial charge >= 0.3 is 0 Å². The fourth-order valence-electron chi connectivity index (χ4n) is 0.858. The molecule has 0 fully saturated rings. The smallest absolute Gasteiger partial charge is 0.182 e. The molecule has 0 saturated heterocycles. The lowest BCUT2D eigenvalue weighted by Gasteiger charge is -2.00. The molecule has 0 amide bonds. The highest BCUT2D eigenvalue weighted by Crippen LogP contribution is 2.10. The zero-order chi connectivity index (χ0) is 8.43. The van der Waals surface area contributed by atoms with E-state index in [1.807, 2.05) is 6.92 Å². The lowest BCUT2D eigenvalue weighted by Crippen LogP contribution is -2.26. The number of hydrogen-bond donors (Lipinski definition) is 1. The van der Waals surface area contributed by atoms with Crippen molar-refractivity contribution >= 4 is 5.78 Å². The molecule has 0 aliphatic heterocycles. The van der Waals surface area contributed by atoms with Crippen molar-refractivity contribution in [1.29, 1.82) is 0 Å². The first kappa shape index (κ1) is 8.01. The maximum atomic E-state index is 11.2. The van der Waals surface area contributed by atoms with Crippen LogP contribution in [0.1, 0.15) is 22.8 Å². The van der Waals surface area contributed by atoms with Crippen molar-refractivity contribution in [3.63, 3.8) is 0 Å². The molecule has 0 saturated carbocycles. The van der Waals surface area contributed by atoms with Crippen molar-refractivity contribution in [3.05, 3.63) is 23.7 Å². The van der Waals surface area contributed by atoms with Crippen LogP contribution in [0.4, 0.5) is 0 Å². The topological polar surface area (TPSA) is 56.2 Å². The number of ketones is 1. The largest absolute Gasteiger partial charge is 0.472 e. The number of rotatable bonds is 2. The van der Waals surface area contributed by atoms with Crippen molar-refractivity contribution < 1.29 is 9.21 Å². The molecule has 1 rings (SSSR count). The highest BCUT2D eigenvalue weighted by Gasteiger charge is 2.14. The molecule has 0 aromatic carbocycles. The van der Waals surface area contributed by atoms with E-state index >= 15 is 0 Å². The molecule has 0 bridgehead atoms. The molecule has 3 nitrogen and oxygen atoms in total. The molecular weight excluding hydrogens is 142 g/mol. The van der Waals surface area contributed by atoms with Crippen LogP contribution in [0.25, 0.3) is 0 Å². The zero-order valence-electron chi connectivity index (χ0n) is 6.63. The average molecular weight is 153 g/mol. The zero-order valence-corrected chi connectivity index (χ0v) is 6.63. The first-order chi connectivity index (χ1) is 5.13. The summed E-state index contributed by atoms with van der Waals surface area (Å²) in [4.78, 5) is 11.2. The van der Waals surface area contributed by atoms with Gasteiger partial charge in [0.25, 0.3) is 0 Å². The van der Waals surface area contributed by atoms with Crippen molar-refractivity contribution in [1.82, 2.24) is 0 Å². The molecule has 0 aliphatic rings. The van der Waals surface area contributed by atoms with E-state index in [-0.39, 0.29) is 5.78 Å². The predicted molar refractivity (Wildman–Crippen MR) is 41.4 cm³/mol. The van der Waals surface area contributed by atoms with Crippen LogP contribution in [-0.2, 0) is 0 Å². The Bertz CT molecular complexity index is 263. The molecule has 2 N–H and O–H groups in total. The summed E-state index contributed by atoms with van der Waals surface area (Å²) >= 11 is 0. The van der Waals surface area contributed by atoms with Crippen LogP contribution in [0, 0.1) is 6.92 Å². The summed E-state index contributed by atoms with van der Waals surface area (Å²) in [5.41, 5.74) is 6.83. The van der Waals surface area contributed by atoms with Gasteiger partial charge in [0.2, 0.25) is 0 Å². The van der Waals surface area contributed by atoms with Gasteiger partial charge in [0, 0.05) is 0 Å². The van der Waals surface area contributed by atoms with E-state index in [0.29, 0.717) is 5.56 Å². The van der Waals surface area contributed by atoms with Gasteiger partial charge in [-0.25, -0.2) is 0 Å². The summed E-state index contributed by atoms with van der Waals surface area (Å²) in [6.45, 7) is 3.48. The number of furan rings is 1. The maximum Gasteiger partial charge on any atom is 0.182 e. The number of hydrogen-bond acceptors (Lipinski definition) is 3. The highest BCUT2D eigenvalue weighted by atomic mass is 16.3. The van der Waals surface area contributed by atoms with Crippen LogP contribution < -0.4 is 5.73 Å². The van der Waals surface area contributed by atoms with Crippen LogP contribution in [-0.4, -0.2) is 11.8 Å². The highest BCUT2D eigenvalue weighted by molar-refractivity contribution is 6.00. The minimum Gasteiger partial charge on any atom is -0.472 e. The van der Waals surface area contributed by atoms with E-state index in [2.05, 4.69) is 0 Å². The minimum absolute atomic E-state index is 0.0729. The molecule has 0 spiro atoms. The number of carbonyl (C=O) groups is 1. The van der Waals surface area contributed by atoms with Crippen LogP contribution in [0.3, 0.4) is 0 Å². The fourth-order valence-corrected chi connectivity index (χ4v) is 0.858. The third kappa shape index (κ3) is 1.49. The number of carbonyl (C=O) groups excluding carboxylic acids is 1. The van der Waals surface area contributed by atoms with E-state index in [1.54, 1.807) is 6.92 Å². The van der Waals surface area contributed by atoms with Crippen LogP contribution in [0.15, 0.2) is 16.9 Å². The lowest BCUT2D eigenvalue weighted by atomic mass is 10.1. The van der Waals surface area contributed by atoms with Crippen molar-refractivity contribution in [2.45, 2.75) is 19.9 Å². The van der Waals surface area contributed by atoms with Gasteiger partial charge in [0.1, 0.15) is 6.26 Å². The molecule has 1 heterocycles. The maximum absolute atomic E-state index is 11.2. The Hall–Kier alpha value is -1.09. The van der Waals surface area contributed by atoms with E-state index < -0.39 is 6.04 Å². The van der Waals surface area contributed by atoms with E-state index in [1.165, 1.54) is 12.5 Å². The Morgan fingerprint density at radius 1 is 1.64 bits per heavy atom. The number of Topliss-reactive ketones (excluding diaryl/α,β-unsaturated/α-hetero) is 1. The molecule has 60 valence electrons. The quantitative estimate of drug-likeness (QED) is 0.647. The summed E-state index contributed by atoms with van der Waals surface area (Å²) < 4.78 is 4.84. The van der Waals surface area contributed by atoms with E-state index in [0.717, 1.165) is 5.56 Å². The van der Waals surface area contributed by atoms with E-state index in [4.69, 9.17) is 10.2 Å². The normalized spacial score (nSPS) is 13.0. The van der Waals surface area contributed by atoms with Crippen LogP contribution in [0.2, 0.25) is 0 Å². The fraction of sp³-hybridized carbons (Fsp3) is 0.375. The Morgan fingerprint density at radius 2 is 2.27 bits per heavy atom.